The minimum atomic E-state index is -1.17. The van der Waals surface area contributed by atoms with Crippen molar-refractivity contribution in [2.45, 2.75) is 7.43 Å². The Morgan fingerprint density at radius 1 is 1.00 bits per heavy atom. The minimum absolute atomic E-state index is 0. The van der Waals surface area contributed by atoms with Crippen LogP contribution >= 0.6 is 17.4 Å². The Balaban J connectivity index is -0.0000000400. The van der Waals surface area contributed by atoms with Gasteiger partial charge in [0.25, 0.3) is 0 Å². The Morgan fingerprint density at radius 3 is 1.00 bits per heavy atom. The van der Waals surface area contributed by atoms with Gasteiger partial charge in [-0.3, -0.25) is 0 Å². The monoisotopic (exact) mass is 146 g/mol. The smallest absolute Gasteiger partial charge is 0.162 e. The lowest BCUT2D eigenvalue weighted by molar-refractivity contribution is 0.523. The van der Waals surface area contributed by atoms with Gasteiger partial charge < -0.3 is 0 Å². The molecule has 0 aliphatic heterocycles. The van der Waals surface area contributed by atoms with Crippen LogP contribution in [0.1, 0.15) is 7.43 Å². The standard InChI is InChI=1S/CH4.2HO2P/c;2*1-3-2/h1H4;2*3H/p+2. The molecule has 0 fully saturated rings. The van der Waals surface area contributed by atoms with Crippen LogP contribution in [0.3, 0.4) is 0 Å². The van der Waals surface area contributed by atoms with Crippen molar-refractivity contribution in [1.82, 2.24) is 0 Å². The second kappa shape index (κ2) is 35.7. The molecule has 0 saturated heterocycles. The molecule has 2 atom stereocenters. The molecule has 0 heterocycles. The Kier molecular flexibility index (Phi) is 80.1. The third kappa shape index (κ3) is 7210. The van der Waals surface area contributed by atoms with E-state index in [0.29, 0.717) is 0 Å². The highest BCUT2D eigenvalue weighted by Gasteiger charge is 1.45. The quantitative estimate of drug-likeness (QED) is 0.487. The second-order valence-electron chi connectivity index (χ2n) is 0.183. The minimum Gasteiger partial charge on any atom is -0.162 e. The SMILES string of the molecule is C.O=[PH+]O.O=[PH+]O. The van der Waals surface area contributed by atoms with Crippen molar-refractivity contribution in [3.05, 3.63) is 0 Å². The van der Waals surface area contributed by atoms with E-state index in [2.05, 4.69) is 0 Å². The molecule has 2 N–H and O–H groups in total. The normalized spacial score (nSPS) is 6.00. The van der Waals surface area contributed by atoms with E-state index in [9.17, 15) is 0 Å². The van der Waals surface area contributed by atoms with Gasteiger partial charge >= 0.3 is 17.4 Å². The third-order valence-electron chi connectivity index (χ3n) is 0. The van der Waals surface area contributed by atoms with Crippen LogP contribution in [-0.2, 0) is 9.13 Å². The zero-order chi connectivity index (χ0) is 5.41. The van der Waals surface area contributed by atoms with E-state index in [1.807, 2.05) is 0 Å². The van der Waals surface area contributed by atoms with Gasteiger partial charge in [0.15, 0.2) is 0 Å². The van der Waals surface area contributed by atoms with Crippen molar-refractivity contribution in [3.8, 4) is 0 Å². The summed E-state index contributed by atoms with van der Waals surface area (Å²) < 4.78 is 17.0. The first-order chi connectivity index (χ1) is 2.83. The highest BCUT2D eigenvalue weighted by atomic mass is 31.1. The van der Waals surface area contributed by atoms with Gasteiger partial charge in [0.05, 0.1) is 0 Å². The van der Waals surface area contributed by atoms with Crippen LogP contribution in [0.2, 0.25) is 0 Å². The lowest BCUT2D eigenvalue weighted by atomic mass is 12.0. The Morgan fingerprint density at radius 2 is 1.00 bits per heavy atom. The highest BCUT2D eigenvalue weighted by Crippen LogP contribution is 1.66. The Bertz CT molecular complexity index is 30.7. The summed E-state index contributed by atoms with van der Waals surface area (Å²) in [5.41, 5.74) is 0. The molecular weight excluding hydrogens is 138 g/mol. The van der Waals surface area contributed by atoms with Crippen LogP contribution in [0.15, 0.2) is 0 Å². The summed E-state index contributed by atoms with van der Waals surface area (Å²) in [6.07, 6.45) is 0. The lowest BCUT2D eigenvalue weighted by Crippen LogP contribution is -1.03. The van der Waals surface area contributed by atoms with Crippen LogP contribution in [0, 0.1) is 0 Å². The predicted molar refractivity (Wildman–Crippen MR) is 29.2 cm³/mol. The molecule has 0 aromatic carbocycles. The zero-order valence-corrected chi connectivity index (χ0v) is 4.71. The molecule has 0 rings (SSSR count). The number of hydrogen-bond acceptors (Lipinski definition) is 2. The molecule has 0 saturated carbocycles. The summed E-state index contributed by atoms with van der Waals surface area (Å²) in [7, 11) is -2.33. The molecule has 0 aliphatic rings. The Labute approximate surface area is 44.8 Å². The average molecular weight is 146 g/mol. The van der Waals surface area contributed by atoms with E-state index in [1.54, 1.807) is 0 Å². The van der Waals surface area contributed by atoms with Crippen LogP contribution in [0.25, 0.3) is 0 Å². The van der Waals surface area contributed by atoms with E-state index in [-0.39, 0.29) is 7.43 Å². The molecule has 0 spiro atoms. The summed E-state index contributed by atoms with van der Waals surface area (Å²) in [4.78, 5) is 14.1. The largest absolute Gasteiger partial charge is 0.491 e. The molecule has 44 valence electrons. The summed E-state index contributed by atoms with van der Waals surface area (Å²) in [6, 6.07) is 0. The van der Waals surface area contributed by atoms with E-state index >= 15 is 0 Å². The molecule has 7 heavy (non-hydrogen) atoms. The fourth-order valence-corrected chi connectivity index (χ4v) is 0. The number of hydrogen-bond donors (Lipinski definition) is 2. The Hall–Kier alpha value is 0.120. The summed E-state index contributed by atoms with van der Waals surface area (Å²) in [5, 5.41) is 0. The zero-order valence-electron chi connectivity index (χ0n) is 2.71. The first-order valence-electron chi connectivity index (χ1n) is 0.855. The molecule has 0 bridgehead atoms. The summed E-state index contributed by atoms with van der Waals surface area (Å²) >= 11 is 0. The maximum absolute atomic E-state index is 8.51. The molecule has 0 aliphatic carbocycles. The molecule has 0 aromatic heterocycles. The van der Waals surface area contributed by atoms with Crippen LogP contribution < -0.4 is 0 Å². The predicted octanol–water partition coefficient (Wildman–Crippen LogP) is 0.471. The topological polar surface area (TPSA) is 74.6 Å². The molecule has 2 unspecified atom stereocenters. The molecule has 6 heteroatoms. The fourth-order valence-electron chi connectivity index (χ4n) is 0. The van der Waals surface area contributed by atoms with Crippen molar-refractivity contribution in [2.24, 2.45) is 0 Å². The van der Waals surface area contributed by atoms with E-state index in [1.165, 1.54) is 0 Å². The van der Waals surface area contributed by atoms with E-state index in [0.717, 1.165) is 0 Å². The van der Waals surface area contributed by atoms with E-state index in [4.69, 9.17) is 18.9 Å². The highest BCUT2D eigenvalue weighted by molar-refractivity contribution is 7.16. The molecular formula is CH8O4P2+2. The van der Waals surface area contributed by atoms with Gasteiger partial charge in [0.2, 0.25) is 0 Å². The first-order valence-corrected chi connectivity index (χ1v) is 2.57. The molecule has 4 nitrogen and oxygen atoms in total. The second-order valence-corrected chi connectivity index (χ2v) is 0.548. The molecule has 0 amide bonds. The van der Waals surface area contributed by atoms with Gasteiger partial charge in [-0.25, -0.2) is 0 Å². The van der Waals surface area contributed by atoms with Gasteiger partial charge in [-0.2, -0.15) is 9.79 Å². The van der Waals surface area contributed by atoms with Crippen molar-refractivity contribution in [3.63, 3.8) is 0 Å². The van der Waals surface area contributed by atoms with Crippen molar-refractivity contribution in [2.75, 3.05) is 0 Å². The van der Waals surface area contributed by atoms with Crippen molar-refractivity contribution < 1.29 is 18.9 Å². The van der Waals surface area contributed by atoms with Crippen LogP contribution in [0.5, 0.6) is 0 Å². The van der Waals surface area contributed by atoms with Gasteiger partial charge in [-0.15, -0.1) is 0 Å². The molecule has 0 radical (unpaired) electrons. The van der Waals surface area contributed by atoms with Gasteiger partial charge in [-0.1, -0.05) is 7.43 Å². The summed E-state index contributed by atoms with van der Waals surface area (Å²) in [6.45, 7) is 0. The van der Waals surface area contributed by atoms with Crippen LogP contribution in [0.4, 0.5) is 0 Å². The maximum atomic E-state index is 8.51. The summed E-state index contributed by atoms with van der Waals surface area (Å²) in [5.74, 6) is 0. The third-order valence-corrected chi connectivity index (χ3v) is 0. The first kappa shape index (κ1) is 15.7. The molecule has 0 aromatic rings. The number of rotatable bonds is 0. The average Bonchev–Trinajstić information content (AvgIpc) is 1.39. The van der Waals surface area contributed by atoms with Crippen LogP contribution in [-0.4, -0.2) is 9.79 Å². The van der Waals surface area contributed by atoms with Gasteiger partial charge in [0.1, 0.15) is 0 Å². The van der Waals surface area contributed by atoms with Crippen molar-refractivity contribution >= 4 is 17.4 Å². The lowest BCUT2D eigenvalue weighted by Gasteiger charge is -1.08. The fraction of sp³-hybridized carbons (Fsp3) is 1.00. The van der Waals surface area contributed by atoms with E-state index < -0.39 is 17.4 Å². The van der Waals surface area contributed by atoms with Gasteiger partial charge in [-0.05, 0) is 9.13 Å². The van der Waals surface area contributed by atoms with Crippen molar-refractivity contribution in [1.29, 1.82) is 0 Å². The maximum Gasteiger partial charge on any atom is 0.491 e. The van der Waals surface area contributed by atoms with Gasteiger partial charge in [0, 0.05) is 0 Å².